The third kappa shape index (κ3) is 2.57. The molecule has 2 aliphatic heterocycles. The van der Waals surface area contributed by atoms with Gasteiger partial charge >= 0.3 is 0 Å². The number of rotatable bonds is 3. The van der Waals surface area contributed by atoms with Crippen LogP contribution in [0.2, 0.25) is 5.02 Å². The number of fused-ring (bicyclic) bond motifs is 1. The Hall–Kier alpha value is -2.12. The predicted molar refractivity (Wildman–Crippen MR) is 120 cm³/mol. The lowest BCUT2D eigenvalue weighted by Crippen LogP contribution is -2.67. The van der Waals surface area contributed by atoms with Crippen LogP contribution in [0.25, 0.3) is 10.9 Å². The first-order valence-corrected chi connectivity index (χ1v) is 11.2. The van der Waals surface area contributed by atoms with Crippen molar-refractivity contribution in [1.29, 1.82) is 0 Å². The smallest absolute Gasteiger partial charge is 0.233 e. The molecule has 158 valence electrons. The molecule has 2 saturated carbocycles. The number of piperidine rings is 2. The van der Waals surface area contributed by atoms with Crippen molar-refractivity contribution < 1.29 is 9.53 Å². The van der Waals surface area contributed by atoms with E-state index in [4.69, 9.17) is 22.8 Å². The van der Waals surface area contributed by atoms with E-state index in [0.717, 1.165) is 48.6 Å². The fraction of sp³-hybridized carbons (Fsp3) is 0.560. The van der Waals surface area contributed by atoms with E-state index in [2.05, 4.69) is 22.7 Å². The maximum absolute atomic E-state index is 14.0. The Morgan fingerprint density at radius 1 is 1.30 bits per heavy atom. The molecular weight excluding hydrogens is 396 g/mol. The second-order valence-corrected chi connectivity index (χ2v) is 11.0. The molecule has 1 aromatic heterocycles. The fourth-order valence-electron chi connectivity index (χ4n) is 6.90. The molecule has 4 fully saturated rings. The molecular formula is C25H29ClN2O2. The summed E-state index contributed by atoms with van der Waals surface area (Å²) in [6.45, 7) is 6.38. The number of halogens is 1. The Morgan fingerprint density at radius 2 is 1.97 bits per heavy atom. The quantitative estimate of drug-likeness (QED) is 0.680. The van der Waals surface area contributed by atoms with Crippen molar-refractivity contribution in [2.45, 2.75) is 70.4 Å². The molecule has 4 aliphatic rings. The van der Waals surface area contributed by atoms with Crippen LogP contribution in [-0.4, -0.2) is 35.0 Å². The Labute approximate surface area is 183 Å². The zero-order valence-electron chi connectivity index (χ0n) is 18.1. The molecule has 2 aliphatic carbocycles. The summed E-state index contributed by atoms with van der Waals surface area (Å²) < 4.78 is 5.42. The average Bonchev–Trinajstić information content (AvgIpc) is 3.12. The van der Waals surface area contributed by atoms with Gasteiger partial charge < -0.3 is 14.6 Å². The number of ether oxygens (including phenoxy) is 1. The molecule has 4 bridgehead atoms. The molecule has 0 spiro atoms. The highest BCUT2D eigenvalue weighted by Crippen LogP contribution is 2.61. The molecule has 2 aromatic rings. The zero-order valence-corrected chi connectivity index (χ0v) is 18.9. The van der Waals surface area contributed by atoms with Crippen molar-refractivity contribution in [1.82, 2.24) is 9.88 Å². The number of benzene rings is 1. The fourth-order valence-corrected chi connectivity index (χ4v) is 7.24. The molecule has 1 aromatic carbocycles. The molecule has 4 nitrogen and oxygen atoms in total. The number of carbonyl (C=O) groups excluding carboxylic acids is 1. The molecule has 6 rings (SSSR count). The van der Waals surface area contributed by atoms with Crippen LogP contribution in [0.3, 0.4) is 0 Å². The van der Waals surface area contributed by atoms with Gasteiger partial charge in [0, 0.05) is 34.6 Å². The summed E-state index contributed by atoms with van der Waals surface area (Å²) >= 11 is 6.67. The second kappa shape index (κ2) is 6.20. The first-order chi connectivity index (χ1) is 14.1. The Morgan fingerprint density at radius 3 is 2.57 bits per heavy atom. The van der Waals surface area contributed by atoms with Gasteiger partial charge in [-0.3, -0.25) is 4.79 Å². The number of aromatic amines is 1. The first kappa shape index (κ1) is 19.8. The van der Waals surface area contributed by atoms with Gasteiger partial charge in [0.05, 0.1) is 17.5 Å². The van der Waals surface area contributed by atoms with Gasteiger partial charge in [-0.1, -0.05) is 24.4 Å². The van der Waals surface area contributed by atoms with Crippen molar-refractivity contribution in [3.05, 3.63) is 28.9 Å². The molecule has 1 amide bonds. The van der Waals surface area contributed by atoms with Crippen LogP contribution in [0.4, 0.5) is 0 Å². The van der Waals surface area contributed by atoms with Crippen LogP contribution in [0, 0.1) is 23.2 Å². The second-order valence-electron chi connectivity index (χ2n) is 10.6. The van der Waals surface area contributed by atoms with Crippen molar-refractivity contribution in [2.75, 3.05) is 7.11 Å². The number of nitrogens with zero attached hydrogens (tertiary/aromatic N) is 1. The standard InChI is InChI=1S/C25H29ClN2O2/c1-6-25-11-15-9-24(4,14-25)10-16(12-25)28(15)22(29)23(2,3)17-13-27-18-7-8-19(30-5)21(26)20(17)18/h1,7-8,13,15-16,27H,9-12,14H2,2-5H3. The molecule has 3 heterocycles. The number of methoxy groups -OCH3 is 1. The zero-order chi connectivity index (χ0) is 21.5. The molecule has 2 saturated heterocycles. The summed E-state index contributed by atoms with van der Waals surface area (Å²) in [5.41, 5.74) is 1.34. The van der Waals surface area contributed by atoms with E-state index in [1.165, 1.54) is 0 Å². The number of amides is 1. The Kier molecular flexibility index (Phi) is 4.10. The SMILES string of the molecule is C#CC12CC3CC(C)(CC(C1)N3C(=O)C(C)(C)c1c[nH]c3ccc(OC)c(Cl)c13)C2. The average molecular weight is 425 g/mol. The highest BCUT2D eigenvalue weighted by molar-refractivity contribution is 6.37. The van der Waals surface area contributed by atoms with Crippen LogP contribution >= 0.6 is 11.6 Å². The van der Waals surface area contributed by atoms with Crippen molar-refractivity contribution in [3.63, 3.8) is 0 Å². The van der Waals surface area contributed by atoms with Gasteiger partial charge in [0.2, 0.25) is 5.91 Å². The lowest BCUT2D eigenvalue weighted by molar-refractivity contribution is -0.167. The van der Waals surface area contributed by atoms with Crippen molar-refractivity contribution in [2.24, 2.45) is 10.8 Å². The Bertz CT molecular complexity index is 1080. The summed E-state index contributed by atoms with van der Waals surface area (Å²) in [5, 5.41) is 1.41. The summed E-state index contributed by atoms with van der Waals surface area (Å²) in [5.74, 6) is 3.92. The lowest BCUT2D eigenvalue weighted by Gasteiger charge is -2.64. The van der Waals surface area contributed by atoms with E-state index in [1.807, 2.05) is 32.2 Å². The minimum Gasteiger partial charge on any atom is -0.495 e. The largest absolute Gasteiger partial charge is 0.495 e. The van der Waals surface area contributed by atoms with Gasteiger partial charge in [-0.2, -0.15) is 0 Å². The number of hydrogen-bond acceptors (Lipinski definition) is 2. The van der Waals surface area contributed by atoms with Crippen LogP contribution in [0.1, 0.15) is 58.4 Å². The number of hydrogen-bond donors (Lipinski definition) is 1. The van der Waals surface area contributed by atoms with Crippen LogP contribution < -0.4 is 4.74 Å². The van der Waals surface area contributed by atoms with Gasteiger partial charge in [0.1, 0.15) is 5.75 Å². The van der Waals surface area contributed by atoms with Gasteiger partial charge in [-0.15, -0.1) is 6.42 Å². The molecule has 2 unspecified atom stereocenters. The number of H-pyrrole nitrogens is 1. The molecule has 2 atom stereocenters. The summed E-state index contributed by atoms with van der Waals surface area (Å²) in [7, 11) is 1.61. The van der Waals surface area contributed by atoms with Crippen molar-refractivity contribution >= 4 is 28.4 Å². The van der Waals surface area contributed by atoms with Gasteiger partial charge in [-0.05, 0) is 69.1 Å². The number of aromatic nitrogens is 1. The summed E-state index contributed by atoms with van der Waals surface area (Å²) in [6, 6.07) is 4.26. The molecule has 1 N–H and O–H groups in total. The van der Waals surface area contributed by atoms with E-state index >= 15 is 0 Å². The lowest BCUT2D eigenvalue weighted by atomic mass is 9.49. The van der Waals surface area contributed by atoms with E-state index in [0.29, 0.717) is 10.8 Å². The number of carbonyl (C=O) groups is 1. The number of terminal acetylenes is 1. The number of nitrogens with one attached hydrogen (secondary N) is 1. The molecule has 30 heavy (non-hydrogen) atoms. The van der Waals surface area contributed by atoms with Gasteiger partial charge in [0.15, 0.2) is 0 Å². The maximum Gasteiger partial charge on any atom is 0.233 e. The normalized spacial score (nSPS) is 32.5. The van der Waals surface area contributed by atoms with Crippen LogP contribution in [0.5, 0.6) is 5.75 Å². The van der Waals surface area contributed by atoms with E-state index in [9.17, 15) is 4.79 Å². The van der Waals surface area contributed by atoms with E-state index in [-0.39, 0.29) is 28.8 Å². The topological polar surface area (TPSA) is 45.3 Å². The molecule has 0 radical (unpaired) electrons. The minimum atomic E-state index is -0.714. The van der Waals surface area contributed by atoms with E-state index < -0.39 is 5.41 Å². The van der Waals surface area contributed by atoms with Gasteiger partial charge in [0.25, 0.3) is 0 Å². The predicted octanol–water partition coefficient (Wildman–Crippen LogP) is 5.29. The van der Waals surface area contributed by atoms with Gasteiger partial charge in [-0.25, -0.2) is 0 Å². The minimum absolute atomic E-state index is 0.0288. The Balaban J connectivity index is 1.55. The summed E-state index contributed by atoms with van der Waals surface area (Å²) in [6.07, 6.45) is 13.0. The highest BCUT2D eigenvalue weighted by Gasteiger charge is 2.60. The first-order valence-electron chi connectivity index (χ1n) is 10.8. The van der Waals surface area contributed by atoms with E-state index in [1.54, 1.807) is 7.11 Å². The van der Waals surface area contributed by atoms with Crippen LogP contribution in [0.15, 0.2) is 18.3 Å². The maximum atomic E-state index is 14.0. The third-order valence-electron chi connectivity index (χ3n) is 7.98. The third-order valence-corrected chi connectivity index (χ3v) is 8.35. The van der Waals surface area contributed by atoms with Crippen molar-refractivity contribution in [3.8, 4) is 18.1 Å². The van der Waals surface area contributed by atoms with Crippen LogP contribution in [-0.2, 0) is 10.2 Å². The summed E-state index contributed by atoms with van der Waals surface area (Å²) in [4.78, 5) is 19.5. The monoisotopic (exact) mass is 424 g/mol. The highest BCUT2D eigenvalue weighted by atomic mass is 35.5. The molecule has 5 heteroatoms.